The molecule has 11 heteroatoms. The van der Waals surface area contributed by atoms with Crippen LogP contribution in [0.1, 0.15) is 24.2 Å². The van der Waals surface area contributed by atoms with Crippen molar-refractivity contribution in [2.45, 2.75) is 37.5 Å². The first-order valence-corrected chi connectivity index (χ1v) is 13.9. The summed E-state index contributed by atoms with van der Waals surface area (Å²) in [4.78, 5) is 18.0. The number of amides is 1. The lowest BCUT2D eigenvalue weighted by Gasteiger charge is -2.34. The molecule has 1 fully saturated rings. The third-order valence-corrected chi connectivity index (χ3v) is 8.87. The van der Waals surface area contributed by atoms with Gasteiger partial charge in [0, 0.05) is 36.8 Å². The Balaban J connectivity index is 1.63. The average Bonchev–Trinajstić information content (AvgIpc) is 3.12. The summed E-state index contributed by atoms with van der Waals surface area (Å²) in [7, 11) is -2.05. The van der Waals surface area contributed by atoms with E-state index in [1.807, 2.05) is 36.6 Å². The maximum Gasteiger partial charge on any atom is 0.279 e. The van der Waals surface area contributed by atoms with Crippen LogP contribution >= 0.6 is 27.3 Å². The molecule has 0 spiro atoms. The van der Waals surface area contributed by atoms with Crippen molar-refractivity contribution in [3.8, 4) is 0 Å². The maximum absolute atomic E-state index is 13.1. The second-order valence-electron chi connectivity index (χ2n) is 8.16. The fourth-order valence-corrected chi connectivity index (χ4v) is 7.12. The molecule has 2 aromatic carbocycles. The topological polar surface area (TPSA) is 90.2 Å². The molecule has 0 radical (unpaired) electrons. The highest BCUT2D eigenvalue weighted by Gasteiger charge is 2.32. The second-order valence-corrected chi connectivity index (χ2v) is 12.0. The van der Waals surface area contributed by atoms with E-state index in [1.54, 1.807) is 7.11 Å². The van der Waals surface area contributed by atoms with E-state index in [0.29, 0.717) is 36.6 Å². The van der Waals surface area contributed by atoms with Gasteiger partial charge in [-0.1, -0.05) is 27.3 Å². The van der Waals surface area contributed by atoms with E-state index >= 15 is 0 Å². The third-order valence-electron chi connectivity index (χ3n) is 5.49. The number of benzene rings is 2. The molecule has 1 saturated heterocycles. The molecule has 182 valence electrons. The zero-order valence-corrected chi connectivity index (χ0v) is 22.3. The quantitative estimate of drug-likeness (QED) is 0.453. The number of morpholine rings is 1. The standard InChI is InChI=1S/C23H26BrN3O5S2/c1-15-13-26(14-16(2)32-15)34(29,30)19-7-4-17(5-8-19)22(28)25-23-27(10-11-31-3)20-9-6-18(24)12-21(20)33-23/h4-9,12,15-16H,10-11,13-14H2,1-3H3. The van der Waals surface area contributed by atoms with Crippen molar-refractivity contribution in [2.24, 2.45) is 4.99 Å². The number of rotatable bonds is 6. The predicted octanol–water partition coefficient (Wildman–Crippen LogP) is 3.65. The predicted molar refractivity (Wildman–Crippen MR) is 134 cm³/mol. The second kappa shape index (κ2) is 10.4. The minimum absolute atomic E-state index is 0.146. The highest BCUT2D eigenvalue weighted by molar-refractivity contribution is 9.10. The van der Waals surface area contributed by atoms with E-state index in [9.17, 15) is 13.2 Å². The summed E-state index contributed by atoms with van der Waals surface area (Å²) in [6.45, 7) is 5.34. The van der Waals surface area contributed by atoms with Crippen LogP contribution < -0.4 is 4.80 Å². The molecule has 0 bridgehead atoms. The first-order valence-electron chi connectivity index (χ1n) is 10.8. The Morgan fingerprint density at radius 3 is 2.50 bits per heavy atom. The Hall–Kier alpha value is -1.89. The van der Waals surface area contributed by atoms with Crippen LogP contribution in [0.2, 0.25) is 0 Å². The highest BCUT2D eigenvalue weighted by atomic mass is 79.9. The summed E-state index contributed by atoms with van der Waals surface area (Å²) in [5.41, 5.74) is 1.28. The van der Waals surface area contributed by atoms with Gasteiger partial charge in [-0.05, 0) is 56.3 Å². The lowest BCUT2D eigenvalue weighted by atomic mass is 10.2. The minimum atomic E-state index is -3.68. The fraction of sp³-hybridized carbons (Fsp3) is 0.391. The van der Waals surface area contributed by atoms with Gasteiger partial charge in [-0.2, -0.15) is 9.30 Å². The molecule has 1 aromatic heterocycles. The Morgan fingerprint density at radius 2 is 1.85 bits per heavy atom. The summed E-state index contributed by atoms with van der Waals surface area (Å²) < 4.78 is 42.3. The van der Waals surface area contributed by atoms with Crippen LogP contribution in [0, 0.1) is 0 Å². The average molecular weight is 569 g/mol. The smallest absolute Gasteiger partial charge is 0.279 e. The fourth-order valence-electron chi connectivity index (χ4n) is 3.93. The van der Waals surface area contributed by atoms with Crippen LogP contribution in [0.25, 0.3) is 10.2 Å². The van der Waals surface area contributed by atoms with Crippen molar-refractivity contribution >= 4 is 53.4 Å². The molecule has 34 heavy (non-hydrogen) atoms. The van der Waals surface area contributed by atoms with E-state index in [-0.39, 0.29) is 17.1 Å². The summed E-state index contributed by atoms with van der Waals surface area (Å²) in [5.74, 6) is -0.436. The van der Waals surface area contributed by atoms with Gasteiger partial charge < -0.3 is 14.0 Å². The summed E-state index contributed by atoms with van der Waals surface area (Å²) in [6.07, 6.45) is -0.352. The number of nitrogens with zero attached hydrogens (tertiary/aromatic N) is 3. The number of hydrogen-bond acceptors (Lipinski definition) is 6. The van der Waals surface area contributed by atoms with E-state index < -0.39 is 15.9 Å². The van der Waals surface area contributed by atoms with Gasteiger partial charge in [0.15, 0.2) is 4.80 Å². The van der Waals surface area contributed by atoms with Gasteiger partial charge >= 0.3 is 0 Å². The maximum atomic E-state index is 13.1. The number of methoxy groups -OCH3 is 1. The number of halogens is 1. The van der Waals surface area contributed by atoms with Gasteiger partial charge in [0.1, 0.15) is 0 Å². The normalized spacial score (nSPS) is 20.2. The summed E-state index contributed by atoms with van der Waals surface area (Å²) >= 11 is 4.89. The summed E-state index contributed by atoms with van der Waals surface area (Å²) in [5, 5.41) is 0. The first kappa shape index (κ1) is 25.2. The van der Waals surface area contributed by atoms with Crippen LogP contribution in [0.3, 0.4) is 0 Å². The van der Waals surface area contributed by atoms with E-state index in [0.717, 1.165) is 14.7 Å². The molecule has 0 N–H and O–H groups in total. The number of carbonyl (C=O) groups is 1. The molecule has 2 heterocycles. The van der Waals surface area contributed by atoms with Crippen molar-refractivity contribution in [1.29, 1.82) is 0 Å². The number of thiazole rings is 1. The minimum Gasteiger partial charge on any atom is -0.383 e. The Morgan fingerprint density at radius 1 is 1.18 bits per heavy atom. The van der Waals surface area contributed by atoms with Crippen molar-refractivity contribution < 1.29 is 22.7 Å². The van der Waals surface area contributed by atoms with Crippen LogP contribution in [-0.4, -0.2) is 62.2 Å². The monoisotopic (exact) mass is 567 g/mol. The van der Waals surface area contributed by atoms with Crippen LogP contribution in [-0.2, 0) is 26.0 Å². The molecule has 8 nitrogen and oxygen atoms in total. The molecular weight excluding hydrogens is 542 g/mol. The molecule has 0 aliphatic carbocycles. The molecular formula is C23H26BrN3O5S2. The summed E-state index contributed by atoms with van der Waals surface area (Å²) in [6, 6.07) is 11.8. The van der Waals surface area contributed by atoms with Crippen molar-refractivity contribution in [1.82, 2.24) is 8.87 Å². The van der Waals surface area contributed by atoms with Gasteiger partial charge in [0.2, 0.25) is 10.0 Å². The number of sulfonamides is 1. The zero-order valence-electron chi connectivity index (χ0n) is 19.1. The lowest BCUT2D eigenvalue weighted by Crippen LogP contribution is -2.48. The Kier molecular flexibility index (Phi) is 7.70. The number of hydrogen-bond donors (Lipinski definition) is 0. The Labute approximate surface area is 211 Å². The lowest BCUT2D eigenvalue weighted by molar-refractivity contribution is -0.0440. The van der Waals surface area contributed by atoms with Gasteiger partial charge in [0.05, 0.1) is 33.9 Å². The molecule has 0 saturated carbocycles. The van der Waals surface area contributed by atoms with Crippen LogP contribution in [0.5, 0.6) is 0 Å². The SMILES string of the molecule is COCCn1c(=NC(=O)c2ccc(S(=O)(=O)N3CC(C)OC(C)C3)cc2)sc2cc(Br)ccc21. The molecule has 1 amide bonds. The number of ether oxygens (including phenoxy) is 2. The Bertz CT molecular complexity index is 1360. The van der Waals surface area contributed by atoms with Crippen LogP contribution in [0.4, 0.5) is 0 Å². The molecule has 1 aliphatic rings. The zero-order chi connectivity index (χ0) is 24.5. The third kappa shape index (κ3) is 5.34. The van der Waals surface area contributed by atoms with Gasteiger partial charge in [-0.15, -0.1) is 0 Å². The van der Waals surface area contributed by atoms with Crippen molar-refractivity contribution in [2.75, 3.05) is 26.8 Å². The van der Waals surface area contributed by atoms with Crippen molar-refractivity contribution in [3.05, 3.63) is 57.3 Å². The number of carbonyl (C=O) groups excluding carboxylic acids is 1. The number of aromatic nitrogens is 1. The molecule has 2 atom stereocenters. The molecule has 2 unspecified atom stereocenters. The largest absolute Gasteiger partial charge is 0.383 e. The van der Waals surface area contributed by atoms with Crippen molar-refractivity contribution in [3.63, 3.8) is 0 Å². The van der Waals surface area contributed by atoms with E-state index in [1.165, 1.54) is 39.9 Å². The van der Waals surface area contributed by atoms with Gasteiger partial charge in [-0.25, -0.2) is 8.42 Å². The van der Waals surface area contributed by atoms with Gasteiger partial charge in [0.25, 0.3) is 5.91 Å². The van der Waals surface area contributed by atoms with E-state index in [2.05, 4.69) is 20.9 Å². The first-order chi connectivity index (χ1) is 16.2. The molecule has 1 aliphatic heterocycles. The highest BCUT2D eigenvalue weighted by Crippen LogP contribution is 2.23. The molecule has 4 rings (SSSR count). The van der Waals surface area contributed by atoms with Crippen LogP contribution in [0.15, 0.2) is 56.8 Å². The van der Waals surface area contributed by atoms with Gasteiger partial charge in [-0.3, -0.25) is 4.79 Å². The molecule has 3 aromatic rings. The van der Waals surface area contributed by atoms with E-state index in [4.69, 9.17) is 9.47 Å². The number of fused-ring (bicyclic) bond motifs is 1.